The van der Waals surface area contributed by atoms with Crippen LogP contribution in [0.4, 0.5) is 5.69 Å². The Balaban J connectivity index is 1.82. The summed E-state index contributed by atoms with van der Waals surface area (Å²) in [5.74, 6) is 0.147. The molecule has 0 aromatic heterocycles. The van der Waals surface area contributed by atoms with E-state index in [0.29, 0.717) is 0 Å². The van der Waals surface area contributed by atoms with Crippen LogP contribution in [0, 0.1) is 0 Å². The first-order valence-electron chi connectivity index (χ1n) is 7.28. The Kier molecular flexibility index (Phi) is 4.18. The number of amides is 1. The topological polar surface area (TPSA) is 44.8 Å². The van der Waals surface area contributed by atoms with Crippen LogP contribution in [0.25, 0.3) is 0 Å². The minimum atomic E-state index is 0.147. The lowest BCUT2D eigenvalue weighted by Gasteiger charge is -2.32. The van der Waals surface area contributed by atoms with E-state index in [1.165, 1.54) is 0 Å². The molecule has 0 radical (unpaired) electrons. The van der Waals surface area contributed by atoms with Crippen molar-refractivity contribution in [2.24, 2.45) is 0 Å². The number of hydrogen-bond acceptors (Lipinski definition) is 4. The van der Waals surface area contributed by atoms with Gasteiger partial charge in [-0.25, -0.2) is 0 Å². The van der Waals surface area contributed by atoms with Gasteiger partial charge in [0.25, 0.3) is 5.91 Å². The van der Waals surface area contributed by atoms with Gasteiger partial charge >= 0.3 is 0 Å². The molecule has 1 amide bonds. The fraction of sp³-hybridized carbons (Fsp3) is 0.533. The van der Waals surface area contributed by atoms with Crippen LogP contribution in [0.3, 0.4) is 0 Å². The molecule has 0 unspecified atom stereocenters. The standard InChI is InChI=1S/C15H21N3O2/c19-15(18-7-5-16-6-8-18)13-3-1-2-4-14(13)17-9-11-20-12-10-17/h1-4,16H,5-12H2. The first-order valence-corrected chi connectivity index (χ1v) is 7.28. The van der Waals surface area contributed by atoms with Crippen molar-refractivity contribution in [3.8, 4) is 0 Å². The summed E-state index contributed by atoms with van der Waals surface area (Å²) in [4.78, 5) is 16.9. The lowest BCUT2D eigenvalue weighted by molar-refractivity contribution is 0.0735. The zero-order chi connectivity index (χ0) is 13.8. The summed E-state index contributed by atoms with van der Waals surface area (Å²) in [6.45, 7) is 6.51. The smallest absolute Gasteiger partial charge is 0.256 e. The molecule has 2 fully saturated rings. The van der Waals surface area contributed by atoms with E-state index in [4.69, 9.17) is 4.74 Å². The van der Waals surface area contributed by atoms with Gasteiger partial charge in [-0.05, 0) is 12.1 Å². The second-order valence-corrected chi connectivity index (χ2v) is 5.16. The van der Waals surface area contributed by atoms with Crippen LogP contribution in [0.5, 0.6) is 0 Å². The average Bonchev–Trinajstić information content (AvgIpc) is 2.56. The Morgan fingerprint density at radius 3 is 2.50 bits per heavy atom. The number of hydrogen-bond donors (Lipinski definition) is 1. The van der Waals surface area contributed by atoms with Crippen molar-refractivity contribution in [2.45, 2.75) is 0 Å². The van der Waals surface area contributed by atoms with Gasteiger partial charge in [-0.15, -0.1) is 0 Å². The highest BCUT2D eigenvalue weighted by Gasteiger charge is 2.23. The van der Waals surface area contributed by atoms with E-state index in [1.54, 1.807) is 0 Å². The summed E-state index contributed by atoms with van der Waals surface area (Å²) in [5.41, 5.74) is 1.86. The number of nitrogens with zero attached hydrogens (tertiary/aromatic N) is 2. The number of ether oxygens (including phenoxy) is 1. The molecule has 20 heavy (non-hydrogen) atoms. The van der Waals surface area contributed by atoms with E-state index in [2.05, 4.69) is 10.2 Å². The van der Waals surface area contributed by atoms with Gasteiger partial charge in [0.05, 0.1) is 18.8 Å². The van der Waals surface area contributed by atoms with E-state index in [-0.39, 0.29) is 5.91 Å². The van der Waals surface area contributed by atoms with Crippen molar-refractivity contribution in [1.82, 2.24) is 10.2 Å². The van der Waals surface area contributed by atoms with Crippen LogP contribution in [-0.2, 0) is 4.74 Å². The molecule has 2 aliphatic heterocycles. The predicted octanol–water partition coefficient (Wildman–Crippen LogP) is 0.569. The lowest BCUT2D eigenvalue weighted by Crippen LogP contribution is -2.47. The van der Waals surface area contributed by atoms with Crippen LogP contribution in [-0.4, -0.2) is 63.3 Å². The Morgan fingerprint density at radius 1 is 1.05 bits per heavy atom. The third-order valence-corrected chi connectivity index (χ3v) is 3.89. The van der Waals surface area contributed by atoms with E-state index in [0.717, 1.165) is 63.7 Å². The Labute approximate surface area is 119 Å². The Hall–Kier alpha value is -1.59. The molecule has 2 aliphatic rings. The number of anilines is 1. The molecule has 108 valence electrons. The lowest BCUT2D eigenvalue weighted by atomic mass is 10.1. The molecule has 2 saturated heterocycles. The highest BCUT2D eigenvalue weighted by Crippen LogP contribution is 2.23. The fourth-order valence-electron chi connectivity index (χ4n) is 2.77. The molecule has 5 heteroatoms. The molecule has 2 heterocycles. The first-order chi connectivity index (χ1) is 9.86. The molecule has 1 aromatic rings. The molecule has 0 atom stereocenters. The van der Waals surface area contributed by atoms with Gasteiger partial charge in [0.1, 0.15) is 0 Å². The zero-order valence-electron chi connectivity index (χ0n) is 11.7. The van der Waals surface area contributed by atoms with Gasteiger partial charge < -0.3 is 19.9 Å². The van der Waals surface area contributed by atoms with Gasteiger partial charge in [0, 0.05) is 45.0 Å². The summed E-state index contributed by atoms with van der Waals surface area (Å²) in [7, 11) is 0. The molecular weight excluding hydrogens is 254 g/mol. The van der Waals surface area contributed by atoms with Crippen molar-refractivity contribution in [1.29, 1.82) is 0 Å². The first kappa shape index (κ1) is 13.4. The molecule has 0 aliphatic carbocycles. The predicted molar refractivity (Wildman–Crippen MR) is 78.2 cm³/mol. The zero-order valence-corrected chi connectivity index (χ0v) is 11.7. The summed E-state index contributed by atoms with van der Waals surface area (Å²) in [5, 5.41) is 3.28. The number of carbonyl (C=O) groups excluding carboxylic acids is 1. The summed E-state index contributed by atoms with van der Waals surface area (Å²) < 4.78 is 5.39. The largest absolute Gasteiger partial charge is 0.378 e. The highest BCUT2D eigenvalue weighted by molar-refractivity contribution is 5.99. The van der Waals surface area contributed by atoms with Crippen molar-refractivity contribution in [3.05, 3.63) is 29.8 Å². The fourth-order valence-corrected chi connectivity index (χ4v) is 2.77. The van der Waals surface area contributed by atoms with E-state index >= 15 is 0 Å². The third-order valence-electron chi connectivity index (χ3n) is 3.89. The van der Waals surface area contributed by atoms with Crippen LogP contribution >= 0.6 is 0 Å². The average molecular weight is 275 g/mol. The molecule has 0 saturated carbocycles. The van der Waals surface area contributed by atoms with Gasteiger partial charge in [0.2, 0.25) is 0 Å². The van der Waals surface area contributed by atoms with Crippen LogP contribution < -0.4 is 10.2 Å². The van der Waals surface area contributed by atoms with Crippen LogP contribution in [0.1, 0.15) is 10.4 Å². The van der Waals surface area contributed by atoms with E-state index < -0.39 is 0 Å². The number of para-hydroxylation sites is 1. The minimum Gasteiger partial charge on any atom is -0.378 e. The van der Waals surface area contributed by atoms with Gasteiger partial charge in [-0.2, -0.15) is 0 Å². The molecule has 3 rings (SSSR count). The third kappa shape index (κ3) is 2.78. The van der Waals surface area contributed by atoms with Crippen molar-refractivity contribution < 1.29 is 9.53 Å². The van der Waals surface area contributed by atoms with Crippen LogP contribution in [0.15, 0.2) is 24.3 Å². The normalized spacial score (nSPS) is 20.0. The number of morpholine rings is 1. The summed E-state index contributed by atoms with van der Waals surface area (Å²) in [6, 6.07) is 7.93. The molecular formula is C15H21N3O2. The van der Waals surface area contributed by atoms with Crippen molar-refractivity contribution in [3.63, 3.8) is 0 Å². The maximum absolute atomic E-state index is 12.7. The van der Waals surface area contributed by atoms with Gasteiger partial charge in [-0.3, -0.25) is 4.79 Å². The maximum atomic E-state index is 12.7. The number of benzene rings is 1. The second kappa shape index (κ2) is 6.24. The van der Waals surface area contributed by atoms with Gasteiger partial charge in [-0.1, -0.05) is 12.1 Å². The van der Waals surface area contributed by atoms with Crippen LogP contribution in [0.2, 0.25) is 0 Å². The number of carbonyl (C=O) groups is 1. The Morgan fingerprint density at radius 2 is 1.75 bits per heavy atom. The quantitative estimate of drug-likeness (QED) is 0.857. The highest BCUT2D eigenvalue weighted by atomic mass is 16.5. The SMILES string of the molecule is O=C(c1ccccc1N1CCOCC1)N1CCNCC1. The molecule has 0 bridgehead atoms. The minimum absolute atomic E-state index is 0.147. The second-order valence-electron chi connectivity index (χ2n) is 5.16. The Bertz CT molecular complexity index is 466. The summed E-state index contributed by atoms with van der Waals surface area (Å²) in [6.07, 6.45) is 0. The monoisotopic (exact) mass is 275 g/mol. The molecule has 1 N–H and O–H groups in total. The van der Waals surface area contributed by atoms with Crippen molar-refractivity contribution >= 4 is 11.6 Å². The number of rotatable bonds is 2. The number of nitrogens with one attached hydrogen (secondary N) is 1. The molecule has 0 spiro atoms. The molecule has 5 nitrogen and oxygen atoms in total. The maximum Gasteiger partial charge on any atom is 0.256 e. The number of piperazine rings is 1. The van der Waals surface area contributed by atoms with E-state index in [9.17, 15) is 4.79 Å². The van der Waals surface area contributed by atoms with Gasteiger partial charge in [0.15, 0.2) is 0 Å². The summed E-state index contributed by atoms with van der Waals surface area (Å²) >= 11 is 0. The van der Waals surface area contributed by atoms with E-state index in [1.807, 2.05) is 29.2 Å². The van der Waals surface area contributed by atoms with Crippen molar-refractivity contribution in [2.75, 3.05) is 57.4 Å². The molecule has 1 aromatic carbocycles.